The van der Waals surface area contributed by atoms with Crippen molar-refractivity contribution >= 4 is 21.8 Å². The van der Waals surface area contributed by atoms with E-state index in [1.54, 1.807) is 0 Å². The predicted octanol–water partition coefficient (Wildman–Crippen LogP) is 11.4. The molecule has 0 amide bonds. The first-order valence-corrected chi connectivity index (χ1v) is 17.0. The lowest BCUT2D eigenvalue weighted by atomic mass is 9.70. The highest BCUT2D eigenvalue weighted by Crippen LogP contribution is 2.47. The van der Waals surface area contributed by atoms with E-state index in [2.05, 4.69) is 95.4 Å². The first-order valence-electron chi connectivity index (χ1n) is 17.0. The average Bonchev–Trinajstić information content (AvgIpc) is 3.58. The Morgan fingerprint density at radius 3 is 2.29 bits per heavy atom. The maximum absolute atomic E-state index is 14.4. The van der Waals surface area contributed by atoms with Crippen LogP contribution in [-0.4, -0.2) is 19.3 Å². The van der Waals surface area contributed by atoms with Gasteiger partial charge in [0.25, 0.3) is 0 Å². The molecule has 7 rings (SSSR count). The molecule has 6 aromatic rings. The number of rotatable bonds is 5. The van der Waals surface area contributed by atoms with Gasteiger partial charge < -0.3 is 4.74 Å². The number of para-hydroxylation sites is 1. The van der Waals surface area contributed by atoms with Crippen LogP contribution in [0.5, 0.6) is 11.5 Å². The van der Waals surface area contributed by atoms with Gasteiger partial charge >= 0.3 is 0 Å². The maximum atomic E-state index is 14.4. The smallest absolute Gasteiger partial charge is 0.140 e. The molecule has 0 saturated carbocycles. The van der Waals surface area contributed by atoms with Gasteiger partial charge in [0.2, 0.25) is 0 Å². The lowest BCUT2D eigenvalue weighted by Gasteiger charge is -2.34. The summed E-state index contributed by atoms with van der Waals surface area (Å²) < 4.78 is 25.1. The van der Waals surface area contributed by atoms with Gasteiger partial charge in [0.15, 0.2) is 0 Å². The van der Waals surface area contributed by atoms with Crippen LogP contribution in [0.25, 0.3) is 33.3 Å². The van der Waals surface area contributed by atoms with Gasteiger partial charge in [-0.25, -0.2) is 14.1 Å². The molecule has 246 valence electrons. The van der Waals surface area contributed by atoms with Crippen molar-refractivity contribution in [2.75, 3.05) is 0 Å². The molecule has 0 aliphatic heterocycles. The summed E-state index contributed by atoms with van der Waals surface area (Å²) in [6.07, 6.45) is 6.25. The van der Waals surface area contributed by atoms with Crippen molar-refractivity contribution in [2.45, 2.75) is 85.0 Å². The maximum Gasteiger partial charge on any atom is 0.140 e. The molecule has 5 nitrogen and oxygen atoms in total. The molecule has 6 heteroatoms. The van der Waals surface area contributed by atoms with Crippen LogP contribution in [-0.2, 0) is 10.8 Å². The normalized spacial score (nSPS) is 17.2. The van der Waals surface area contributed by atoms with Crippen LogP contribution >= 0.6 is 0 Å². The summed E-state index contributed by atoms with van der Waals surface area (Å²) in [5.74, 6) is 2.47. The zero-order chi connectivity index (χ0) is 34.0. The fraction of sp³-hybridized carbons (Fsp3) is 0.333. The van der Waals surface area contributed by atoms with Crippen LogP contribution in [0.2, 0.25) is 0 Å². The van der Waals surface area contributed by atoms with Crippen LogP contribution in [0.15, 0.2) is 96.7 Å². The third-order valence-corrected chi connectivity index (χ3v) is 9.68. The molecule has 1 aliphatic rings. The van der Waals surface area contributed by atoms with Crippen molar-refractivity contribution in [3.05, 3.63) is 119 Å². The third kappa shape index (κ3) is 5.61. The Morgan fingerprint density at radius 2 is 1.56 bits per heavy atom. The Bertz CT molecular complexity index is 2190. The molecule has 48 heavy (non-hydrogen) atoms. The highest BCUT2D eigenvalue weighted by atomic mass is 19.1. The average molecular weight is 641 g/mol. The Morgan fingerprint density at radius 1 is 0.812 bits per heavy atom. The van der Waals surface area contributed by atoms with Crippen LogP contribution < -0.4 is 4.74 Å². The topological polar surface area (TPSA) is 44.9 Å². The van der Waals surface area contributed by atoms with E-state index in [-0.39, 0.29) is 16.6 Å². The highest BCUT2D eigenvalue weighted by Gasteiger charge is 2.39. The van der Waals surface area contributed by atoms with E-state index in [1.807, 2.05) is 47.0 Å². The minimum Gasteiger partial charge on any atom is -0.457 e. The number of benzene rings is 3. The van der Waals surface area contributed by atoms with E-state index in [9.17, 15) is 4.39 Å². The van der Waals surface area contributed by atoms with Crippen molar-refractivity contribution in [2.24, 2.45) is 5.92 Å². The van der Waals surface area contributed by atoms with Crippen molar-refractivity contribution in [1.82, 2.24) is 19.3 Å². The Labute approximate surface area is 283 Å². The first-order chi connectivity index (χ1) is 22.8. The van der Waals surface area contributed by atoms with Crippen molar-refractivity contribution in [1.29, 1.82) is 0 Å². The van der Waals surface area contributed by atoms with E-state index in [1.165, 1.54) is 41.6 Å². The summed E-state index contributed by atoms with van der Waals surface area (Å²) in [5.41, 5.74) is 7.79. The molecule has 0 N–H and O–H groups in total. The monoisotopic (exact) mass is 640 g/mol. The summed E-state index contributed by atoms with van der Waals surface area (Å²) in [6, 6.07) is 25.3. The number of allylic oxidation sites excluding steroid dienone is 2. The Kier molecular flexibility index (Phi) is 7.81. The van der Waals surface area contributed by atoms with E-state index in [0.29, 0.717) is 23.4 Å². The molecule has 3 aromatic carbocycles. The van der Waals surface area contributed by atoms with E-state index < -0.39 is 0 Å². The summed E-state index contributed by atoms with van der Waals surface area (Å²) >= 11 is 0. The van der Waals surface area contributed by atoms with Gasteiger partial charge in [-0.05, 0) is 62.1 Å². The lowest BCUT2D eigenvalue weighted by Crippen LogP contribution is -2.25. The van der Waals surface area contributed by atoms with Gasteiger partial charge in [-0.15, -0.1) is 0 Å². The number of pyridine rings is 1. The van der Waals surface area contributed by atoms with E-state index >= 15 is 0 Å². The van der Waals surface area contributed by atoms with E-state index in [0.717, 1.165) is 45.4 Å². The zero-order valence-electron chi connectivity index (χ0n) is 29.3. The summed E-state index contributed by atoms with van der Waals surface area (Å²) in [5, 5.41) is 7.54. The van der Waals surface area contributed by atoms with Crippen molar-refractivity contribution in [3.63, 3.8) is 0 Å². The van der Waals surface area contributed by atoms with Gasteiger partial charge in [0.05, 0.1) is 28.1 Å². The number of fused-ring (bicyclic) bond motifs is 3. The second-order valence-electron chi connectivity index (χ2n) is 15.5. The number of ether oxygens (including phenoxy) is 1. The third-order valence-electron chi connectivity index (χ3n) is 9.68. The fourth-order valence-corrected chi connectivity index (χ4v) is 7.61. The molecule has 0 radical (unpaired) electrons. The molecule has 0 bridgehead atoms. The molecular formula is C42H45FN4O. The molecule has 0 saturated heterocycles. The molecule has 0 spiro atoms. The summed E-state index contributed by atoms with van der Waals surface area (Å²) in [6.45, 7) is 18.4. The van der Waals surface area contributed by atoms with Crippen LogP contribution in [0.3, 0.4) is 0 Å². The van der Waals surface area contributed by atoms with E-state index in [4.69, 9.17) is 9.84 Å². The molecule has 0 unspecified atom stereocenters. The molecule has 1 aliphatic carbocycles. The van der Waals surface area contributed by atoms with Gasteiger partial charge in [-0.1, -0.05) is 84.4 Å². The zero-order valence-corrected chi connectivity index (χ0v) is 29.3. The molecular weight excluding hydrogens is 595 g/mol. The number of hydrogen-bond donors (Lipinski definition) is 0. The summed E-state index contributed by atoms with van der Waals surface area (Å²) in [4.78, 5) is 4.51. The van der Waals surface area contributed by atoms with Crippen LogP contribution in [0.1, 0.15) is 91.1 Å². The number of halogens is 1. The largest absolute Gasteiger partial charge is 0.457 e. The fourth-order valence-electron chi connectivity index (χ4n) is 7.61. The SMILES string of the molecule is CC1=CCC[C@H](C)[C@@H]1c1c(C(C)(C)C)nn(-c2cccc(Oc3ccc4c5ccccc5n(-c5cc(F)ccn5)c4c3)c2)c1C(C)(C)C. The van der Waals surface area contributed by atoms with Gasteiger partial charge in [-0.2, -0.15) is 5.10 Å². The molecule has 3 heterocycles. The second-order valence-corrected chi connectivity index (χ2v) is 15.5. The molecule has 2 atom stereocenters. The van der Waals surface area contributed by atoms with Crippen LogP contribution in [0, 0.1) is 11.7 Å². The van der Waals surface area contributed by atoms with Gasteiger partial charge in [-0.3, -0.25) is 4.57 Å². The van der Waals surface area contributed by atoms with Gasteiger partial charge in [0.1, 0.15) is 23.1 Å². The minimum absolute atomic E-state index is 0.128. The second kappa shape index (κ2) is 11.8. The van der Waals surface area contributed by atoms with Crippen molar-refractivity contribution in [3.8, 4) is 23.0 Å². The summed E-state index contributed by atoms with van der Waals surface area (Å²) in [7, 11) is 0. The standard InChI is InChI=1S/C42H45FN4O/c1-26-13-11-14-27(2)37(26)38-39(41(3,4)5)45-47(40(38)42(6,7)8)29-15-12-16-30(24-29)48-31-19-20-33-32-17-9-10-18-34(32)46(35(33)25-31)36-23-28(43)21-22-44-36/h9-10,12-13,15-25,27,37H,11,14H2,1-8H3/t27-,37+/m0/s1. The minimum atomic E-state index is -0.328. The Hall–Kier alpha value is -4.71. The first kappa shape index (κ1) is 31.9. The highest BCUT2D eigenvalue weighted by molar-refractivity contribution is 6.09. The van der Waals surface area contributed by atoms with Crippen molar-refractivity contribution < 1.29 is 9.13 Å². The number of nitrogens with zero attached hydrogens (tertiary/aromatic N) is 4. The molecule has 0 fully saturated rings. The van der Waals surface area contributed by atoms with Crippen LogP contribution in [0.4, 0.5) is 4.39 Å². The Balaban J connectivity index is 1.34. The molecule has 3 aromatic heterocycles. The van der Waals surface area contributed by atoms with Gasteiger partial charge in [0, 0.05) is 57.5 Å². The number of aromatic nitrogens is 4. The predicted molar refractivity (Wildman–Crippen MR) is 194 cm³/mol. The number of hydrogen-bond acceptors (Lipinski definition) is 3. The lowest BCUT2D eigenvalue weighted by molar-refractivity contribution is 0.431. The quantitative estimate of drug-likeness (QED) is 0.176.